The number of anilines is 2. The number of Topliss-reactive ketones (excluding diaryl/α,β-unsaturated/α-hetero) is 1. The predicted molar refractivity (Wildman–Crippen MR) is 120 cm³/mol. The van der Waals surface area contributed by atoms with Crippen molar-refractivity contribution in [3.05, 3.63) is 63.7 Å². The maximum atomic E-state index is 13.6. The Balaban J connectivity index is 1.61. The zero-order valence-electron chi connectivity index (χ0n) is 18.2. The average Bonchev–Trinajstić information content (AvgIpc) is 3.26. The molecule has 2 amide bonds. The highest BCUT2D eigenvalue weighted by atomic mass is 16.6. The van der Waals surface area contributed by atoms with E-state index in [1.807, 2.05) is 29.2 Å². The van der Waals surface area contributed by atoms with Crippen LogP contribution in [0.4, 0.5) is 17.1 Å². The first kappa shape index (κ1) is 20.9. The lowest BCUT2D eigenvalue weighted by Gasteiger charge is -2.36. The number of nitro groups is 1. The predicted octanol–water partition coefficient (Wildman–Crippen LogP) is 2.89. The number of hydrogen-bond acceptors (Lipinski definition) is 7. The minimum absolute atomic E-state index is 0.187. The first-order valence-electron chi connectivity index (χ1n) is 10.5. The standard InChI is InChI=1S/C24H21N3O6/c1-12-4-6-15(27(31)32)11-19(12)26-23(29)20-18-8-5-14-10-16(33-3)7-9-17(14)25(18)22(13(2)28)21(20)24(26)30/h4-11,18,20-22H,1-3H3/t18-,20-,21-,22-/m1/s1. The number of hydrogen-bond donors (Lipinski definition) is 0. The minimum atomic E-state index is -0.878. The number of nitrogens with zero attached hydrogens (tertiary/aromatic N) is 3. The van der Waals surface area contributed by atoms with Crippen molar-refractivity contribution in [2.24, 2.45) is 11.8 Å². The van der Waals surface area contributed by atoms with Crippen LogP contribution < -0.4 is 14.5 Å². The van der Waals surface area contributed by atoms with Crippen molar-refractivity contribution in [3.8, 4) is 5.75 Å². The van der Waals surface area contributed by atoms with Gasteiger partial charge in [0.1, 0.15) is 11.8 Å². The molecule has 2 fully saturated rings. The van der Waals surface area contributed by atoms with Gasteiger partial charge >= 0.3 is 0 Å². The van der Waals surface area contributed by atoms with Gasteiger partial charge in [-0.25, -0.2) is 4.90 Å². The Kier molecular flexibility index (Phi) is 4.59. The van der Waals surface area contributed by atoms with Crippen LogP contribution in [0.5, 0.6) is 5.75 Å². The monoisotopic (exact) mass is 447 g/mol. The summed E-state index contributed by atoms with van der Waals surface area (Å²) in [5, 5.41) is 11.3. The molecule has 3 aliphatic rings. The van der Waals surface area contributed by atoms with E-state index in [-0.39, 0.29) is 17.2 Å². The van der Waals surface area contributed by atoms with Crippen molar-refractivity contribution in [2.45, 2.75) is 25.9 Å². The molecule has 9 heteroatoms. The molecule has 0 N–H and O–H groups in total. The lowest BCUT2D eigenvalue weighted by Crippen LogP contribution is -2.48. The summed E-state index contributed by atoms with van der Waals surface area (Å²) in [4.78, 5) is 53.6. The number of rotatable bonds is 4. The summed E-state index contributed by atoms with van der Waals surface area (Å²) >= 11 is 0. The fraction of sp³-hybridized carbons (Fsp3) is 0.292. The third kappa shape index (κ3) is 2.88. The maximum Gasteiger partial charge on any atom is 0.271 e. The van der Waals surface area contributed by atoms with E-state index in [2.05, 4.69) is 0 Å². The number of amides is 2. The maximum absolute atomic E-state index is 13.6. The number of fused-ring (bicyclic) bond motifs is 5. The Morgan fingerprint density at radius 3 is 2.45 bits per heavy atom. The summed E-state index contributed by atoms with van der Waals surface area (Å²) in [6.45, 7) is 3.11. The topological polar surface area (TPSA) is 110 Å². The van der Waals surface area contributed by atoms with Gasteiger partial charge in [-0.2, -0.15) is 0 Å². The zero-order valence-corrected chi connectivity index (χ0v) is 18.2. The molecule has 0 aliphatic carbocycles. The average molecular weight is 447 g/mol. The fourth-order valence-corrected chi connectivity index (χ4v) is 5.33. The van der Waals surface area contributed by atoms with Crippen LogP contribution in [-0.2, 0) is 14.4 Å². The van der Waals surface area contributed by atoms with Crippen molar-refractivity contribution in [1.29, 1.82) is 0 Å². The van der Waals surface area contributed by atoms with Crippen LogP contribution in [-0.4, -0.2) is 41.7 Å². The second-order valence-corrected chi connectivity index (χ2v) is 8.53. The van der Waals surface area contributed by atoms with Gasteiger partial charge in [0.15, 0.2) is 5.78 Å². The smallest absolute Gasteiger partial charge is 0.271 e. The molecule has 0 unspecified atom stereocenters. The molecule has 3 aliphatic heterocycles. The number of methoxy groups -OCH3 is 1. The molecule has 2 aromatic carbocycles. The van der Waals surface area contributed by atoms with Crippen molar-refractivity contribution < 1.29 is 24.0 Å². The second-order valence-electron chi connectivity index (χ2n) is 8.53. The van der Waals surface area contributed by atoms with Crippen LogP contribution in [0.1, 0.15) is 18.1 Å². The molecule has 168 valence electrons. The molecule has 33 heavy (non-hydrogen) atoms. The molecular weight excluding hydrogens is 426 g/mol. The summed E-state index contributed by atoms with van der Waals surface area (Å²) in [7, 11) is 1.57. The highest BCUT2D eigenvalue weighted by molar-refractivity contribution is 6.25. The largest absolute Gasteiger partial charge is 0.497 e. The van der Waals surface area contributed by atoms with Gasteiger partial charge in [-0.15, -0.1) is 0 Å². The highest BCUT2D eigenvalue weighted by Gasteiger charge is 2.63. The molecule has 0 saturated carbocycles. The molecule has 5 rings (SSSR count). The van der Waals surface area contributed by atoms with Gasteiger partial charge in [0.05, 0.1) is 35.6 Å². The van der Waals surface area contributed by atoms with E-state index in [1.165, 1.54) is 25.1 Å². The van der Waals surface area contributed by atoms with E-state index in [4.69, 9.17) is 4.74 Å². The number of ether oxygens (including phenoxy) is 1. The lowest BCUT2D eigenvalue weighted by atomic mass is 9.88. The first-order valence-corrected chi connectivity index (χ1v) is 10.5. The molecule has 0 bridgehead atoms. The molecule has 9 nitrogen and oxygen atoms in total. The van der Waals surface area contributed by atoms with E-state index >= 15 is 0 Å². The molecule has 2 aromatic rings. The molecule has 0 aromatic heterocycles. The van der Waals surface area contributed by atoms with E-state index in [1.54, 1.807) is 20.1 Å². The Bertz CT molecular complexity index is 1270. The molecule has 4 atom stereocenters. The quantitative estimate of drug-likeness (QED) is 0.403. The van der Waals surface area contributed by atoms with Crippen molar-refractivity contribution in [2.75, 3.05) is 16.9 Å². The van der Waals surface area contributed by atoms with Crippen LogP contribution in [0, 0.1) is 28.9 Å². The van der Waals surface area contributed by atoms with E-state index < -0.39 is 40.7 Å². The SMILES string of the molecule is COc1ccc2c(c1)C=C[C@@H]1[C@H]3C(=O)N(c4cc([N+](=O)[O-])ccc4C)C(=O)[C@H]3[C@@H](C(C)=O)N21. The molecular formula is C24H21N3O6. The summed E-state index contributed by atoms with van der Waals surface area (Å²) in [5.74, 6) is -2.16. The van der Waals surface area contributed by atoms with Gasteiger partial charge in [-0.3, -0.25) is 24.5 Å². The molecule has 3 heterocycles. The number of benzene rings is 2. The summed E-state index contributed by atoms with van der Waals surface area (Å²) in [6.07, 6.45) is 3.72. The molecule has 0 radical (unpaired) electrons. The summed E-state index contributed by atoms with van der Waals surface area (Å²) < 4.78 is 5.29. The number of non-ortho nitro benzene ring substituents is 1. The summed E-state index contributed by atoms with van der Waals surface area (Å²) in [6, 6.07) is 8.24. The van der Waals surface area contributed by atoms with Crippen molar-refractivity contribution in [3.63, 3.8) is 0 Å². The highest BCUT2D eigenvalue weighted by Crippen LogP contribution is 2.50. The van der Waals surface area contributed by atoms with Gasteiger partial charge in [-0.1, -0.05) is 18.2 Å². The van der Waals surface area contributed by atoms with Crippen LogP contribution in [0.25, 0.3) is 6.08 Å². The van der Waals surface area contributed by atoms with Gasteiger partial charge in [-0.05, 0) is 37.6 Å². The van der Waals surface area contributed by atoms with Crippen LogP contribution in [0.3, 0.4) is 0 Å². The Morgan fingerprint density at radius 2 is 1.79 bits per heavy atom. The van der Waals surface area contributed by atoms with Gasteiger partial charge in [0.2, 0.25) is 11.8 Å². The van der Waals surface area contributed by atoms with E-state index in [0.29, 0.717) is 11.3 Å². The van der Waals surface area contributed by atoms with Crippen LogP contribution in [0.15, 0.2) is 42.5 Å². The number of carbonyl (C=O) groups excluding carboxylic acids is 3. The molecule has 2 saturated heterocycles. The van der Waals surface area contributed by atoms with Crippen molar-refractivity contribution >= 4 is 40.7 Å². The lowest BCUT2D eigenvalue weighted by molar-refractivity contribution is -0.384. The fourth-order valence-electron chi connectivity index (χ4n) is 5.33. The van der Waals surface area contributed by atoms with Gasteiger partial charge in [0, 0.05) is 23.4 Å². The van der Waals surface area contributed by atoms with E-state index in [9.17, 15) is 24.5 Å². The van der Waals surface area contributed by atoms with E-state index in [0.717, 1.165) is 16.2 Å². The Labute approximate surface area is 189 Å². The number of imide groups is 1. The minimum Gasteiger partial charge on any atom is -0.497 e. The van der Waals surface area contributed by atoms with Crippen molar-refractivity contribution in [1.82, 2.24) is 0 Å². The van der Waals surface area contributed by atoms with Gasteiger partial charge in [0.25, 0.3) is 5.69 Å². The summed E-state index contributed by atoms with van der Waals surface area (Å²) in [5.41, 5.74) is 2.14. The number of aryl methyl sites for hydroxylation is 1. The molecule has 0 spiro atoms. The first-order chi connectivity index (χ1) is 15.7. The third-order valence-corrected chi connectivity index (χ3v) is 6.77. The normalized spacial score (nSPS) is 25.1. The number of carbonyl (C=O) groups is 3. The Hall–Kier alpha value is -4.01. The zero-order chi connectivity index (χ0) is 23.6. The second kappa shape index (κ2) is 7.26. The third-order valence-electron chi connectivity index (χ3n) is 6.77. The number of ketones is 1. The van der Waals surface area contributed by atoms with Gasteiger partial charge < -0.3 is 9.64 Å². The van der Waals surface area contributed by atoms with Crippen LogP contribution >= 0.6 is 0 Å². The Morgan fingerprint density at radius 1 is 1.06 bits per heavy atom. The number of nitro benzene ring substituents is 1. The van der Waals surface area contributed by atoms with Crippen LogP contribution in [0.2, 0.25) is 0 Å².